The summed E-state index contributed by atoms with van der Waals surface area (Å²) < 4.78 is 37.7. The van der Waals surface area contributed by atoms with Gasteiger partial charge in [-0.3, -0.25) is 0 Å². The number of hydrogen-bond acceptors (Lipinski definition) is 5. The number of rotatable bonds is 6. The molecular weight excluding hydrogens is 346 g/mol. The number of fused-ring (bicyclic) bond motifs is 1. The van der Waals surface area contributed by atoms with Crippen LogP contribution in [0.3, 0.4) is 0 Å². The summed E-state index contributed by atoms with van der Waals surface area (Å²) in [6.45, 7) is 0.271. The molecule has 0 bridgehead atoms. The molecule has 2 aromatic rings. The van der Waals surface area contributed by atoms with Gasteiger partial charge >= 0.3 is 5.97 Å². The van der Waals surface area contributed by atoms with E-state index < -0.39 is 16.0 Å². The molecule has 0 radical (unpaired) electrons. The summed E-state index contributed by atoms with van der Waals surface area (Å²) in [5, 5.41) is 8.59. The average Bonchev–Trinajstić information content (AvgIpc) is 3.06. The van der Waals surface area contributed by atoms with E-state index in [1.165, 1.54) is 30.3 Å². The number of ether oxygens (including phenoxy) is 2. The third-order valence-electron chi connectivity index (χ3n) is 3.51. The van der Waals surface area contributed by atoms with Crippen molar-refractivity contribution in [1.29, 1.82) is 0 Å². The lowest BCUT2D eigenvalue weighted by Gasteiger charge is -2.08. The fraction of sp³-hybridized carbons (Fsp3) is 0.118. The Morgan fingerprint density at radius 2 is 1.84 bits per heavy atom. The van der Waals surface area contributed by atoms with Gasteiger partial charge in [-0.05, 0) is 41.5 Å². The topological polar surface area (TPSA) is 102 Å². The van der Waals surface area contributed by atoms with Crippen LogP contribution < -0.4 is 14.2 Å². The second-order valence-electron chi connectivity index (χ2n) is 5.25. The molecule has 130 valence electrons. The highest BCUT2D eigenvalue weighted by Gasteiger charge is 2.16. The average molecular weight is 361 g/mol. The Kier molecular flexibility index (Phi) is 4.73. The number of aliphatic carboxylic acids is 1. The molecule has 0 atom stereocenters. The predicted octanol–water partition coefficient (Wildman–Crippen LogP) is 1.99. The van der Waals surface area contributed by atoms with Crippen LogP contribution in [-0.2, 0) is 21.4 Å². The summed E-state index contributed by atoms with van der Waals surface area (Å²) in [6, 6.07) is 11.1. The summed E-state index contributed by atoms with van der Waals surface area (Å²) in [4.78, 5) is 10.6. The van der Waals surface area contributed by atoms with Crippen molar-refractivity contribution in [2.24, 2.45) is 0 Å². The molecule has 8 heteroatoms. The first-order valence-corrected chi connectivity index (χ1v) is 8.82. The number of carbonyl (C=O) groups is 1. The molecule has 7 nitrogen and oxygen atoms in total. The SMILES string of the molecule is O=C(O)C=Cc1ccc(S(=O)(=O)NCc2ccc3c(c2)OCO3)cc1. The maximum Gasteiger partial charge on any atom is 0.328 e. The molecule has 0 amide bonds. The minimum atomic E-state index is -3.68. The summed E-state index contributed by atoms with van der Waals surface area (Å²) in [7, 11) is -3.68. The highest BCUT2D eigenvalue weighted by atomic mass is 32.2. The predicted molar refractivity (Wildman–Crippen MR) is 89.7 cm³/mol. The Labute approximate surface area is 144 Å². The Hall–Kier alpha value is -2.84. The molecule has 0 aromatic heterocycles. The minimum Gasteiger partial charge on any atom is -0.478 e. The summed E-state index contributed by atoms with van der Waals surface area (Å²) in [5.74, 6) is 0.157. The first kappa shape index (κ1) is 17.0. The van der Waals surface area contributed by atoms with Gasteiger partial charge in [-0.15, -0.1) is 0 Å². The molecule has 3 rings (SSSR count). The normalized spacial score (nSPS) is 13.3. The minimum absolute atomic E-state index is 0.0979. The number of hydrogen-bond donors (Lipinski definition) is 2. The first-order valence-electron chi connectivity index (χ1n) is 7.33. The molecule has 0 saturated carbocycles. The van der Waals surface area contributed by atoms with Gasteiger partial charge in [0.1, 0.15) is 0 Å². The van der Waals surface area contributed by atoms with E-state index in [1.54, 1.807) is 18.2 Å². The van der Waals surface area contributed by atoms with E-state index in [4.69, 9.17) is 14.6 Å². The lowest BCUT2D eigenvalue weighted by Crippen LogP contribution is -2.23. The van der Waals surface area contributed by atoms with Crippen molar-refractivity contribution in [2.75, 3.05) is 6.79 Å². The monoisotopic (exact) mass is 361 g/mol. The molecule has 0 unspecified atom stereocenters. The van der Waals surface area contributed by atoms with Gasteiger partial charge in [0.25, 0.3) is 0 Å². The van der Waals surface area contributed by atoms with Crippen LogP contribution in [0.25, 0.3) is 6.08 Å². The third-order valence-corrected chi connectivity index (χ3v) is 4.93. The van der Waals surface area contributed by atoms with Crippen LogP contribution in [0, 0.1) is 0 Å². The largest absolute Gasteiger partial charge is 0.478 e. The summed E-state index contributed by atoms with van der Waals surface area (Å²) >= 11 is 0. The molecule has 0 aliphatic carbocycles. The van der Waals surface area contributed by atoms with Crippen LogP contribution in [0.15, 0.2) is 53.4 Å². The second kappa shape index (κ2) is 6.96. The second-order valence-corrected chi connectivity index (χ2v) is 7.02. The molecule has 0 spiro atoms. The lowest BCUT2D eigenvalue weighted by molar-refractivity contribution is -0.131. The molecule has 1 aliphatic heterocycles. The molecule has 2 N–H and O–H groups in total. The number of carboxylic acid groups (broad SMARTS) is 1. The number of carboxylic acids is 1. The smallest absolute Gasteiger partial charge is 0.328 e. The molecule has 1 heterocycles. The zero-order valence-electron chi connectivity index (χ0n) is 13.0. The fourth-order valence-electron chi connectivity index (χ4n) is 2.24. The fourth-order valence-corrected chi connectivity index (χ4v) is 3.26. The van der Waals surface area contributed by atoms with Crippen LogP contribution in [0.2, 0.25) is 0 Å². The van der Waals surface area contributed by atoms with E-state index in [2.05, 4.69) is 4.72 Å². The van der Waals surface area contributed by atoms with Crippen molar-refractivity contribution in [3.63, 3.8) is 0 Å². The molecule has 0 fully saturated rings. The first-order chi connectivity index (χ1) is 11.9. The van der Waals surface area contributed by atoms with Crippen molar-refractivity contribution in [3.8, 4) is 11.5 Å². The molecule has 25 heavy (non-hydrogen) atoms. The Bertz CT molecular complexity index is 919. The highest BCUT2D eigenvalue weighted by molar-refractivity contribution is 7.89. The van der Waals surface area contributed by atoms with Crippen molar-refractivity contribution < 1.29 is 27.8 Å². The Morgan fingerprint density at radius 1 is 1.12 bits per heavy atom. The maximum absolute atomic E-state index is 12.3. The van der Waals surface area contributed by atoms with Crippen LogP contribution >= 0.6 is 0 Å². The number of nitrogens with one attached hydrogen (secondary N) is 1. The number of sulfonamides is 1. The van der Waals surface area contributed by atoms with Gasteiger partial charge in [0.05, 0.1) is 4.90 Å². The van der Waals surface area contributed by atoms with Crippen molar-refractivity contribution in [3.05, 3.63) is 59.7 Å². The van der Waals surface area contributed by atoms with Gasteiger partial charge < -0.3 is 14.6 Å². The van der Waals surface area contributed by atoms with Crippen LogP contribution in [-0.4, -0.2) is 26.3 Å². The Balaban J connectivity index is 1.68. The number of benzene rings is 2. The molecular formula is C17H15NO6S. The van der Waals surface area contributed by atoms with E-state index >= 15 is 0 Å². The lowest BCUT2D eigenvalue weighted by atomic mass is 10.2. The van der Waals surface area contributed by atoms with E-state index in [-0.39, 0.29) is 18.2 Å². The van der Waals surface area contributed by atoms with Gasteiger partial charge in [-0.25, -0.2) is 17.9 Å². The van der Waals surface area contributed by atoms with E-state index in [0.717, 1.165) is 11.6 Å². The van der Waals surface area contributed by atoms with Crippen molar-refractivity contribution in [2.45, 2.75) is 11.4 Å². The Morgan fingerprint density at radius 3 is 2.56 bits per heavy atom. The van der Waals surface area contributed by atoms with Gasteiger partial charge in [0, 0.05) is 12.6 Å². The van der Waals surface area contributed by atoms with E-state index in [1.807, 2.05) is 0 Å². The molecule has 1 aliphatic rings. The quantitative estimate of drug-likeness (QED) is 0.763. The standard InChI is InChI=1S/C17H15NO6S/c19-17(20)8-4-12-1-5-14(6-2-12)25(21,22)18-10-13-3-7-15-16(9-13)24-11-23-15/h1-9,18H,10-11H2,(H,19,20). The molecule has 0 saturated heterocycles. The van der Waals surface area contributed by atoms with Crippen molar-refractivity contribution in [1.82, 2.24) is 4.72 Å². The maximum atomic E-state index is 12.3. The summed E-state index contributed by atoms with van der Waals surface area (Å²) in [6.07, 6.45) is 2.38. The van der Waals surface area contributed by atoms with Crippen LogP contribution in [0.5, 0.6) is 11.5 Å². The summed E-state index contributed by atoms with van der Waals surface area (Å²) in [5.41, 5.74) is 1.34. The zero-order chi connectivity index (χ0) is 17.9. The highest BCUT2D eigenvalue weighted by Crippen LogP contribution is 2.32. The third kappa shape index (κ3) is 4.17. The van der Waals surface area contributed by atoms with Crippen LogP contribution in [0.1, 0.15) is 11.1 Å². The zero-order valence-corrected chi connectivity index (χ0v) is 13.8. The van der Waals surface area contributed by atoms with Crippen LogP contribution in [0.4, 0.5) is 0 Å². The van der Waals surface area contributed by atoms with E-state index in [0.29, 0.717) is 17.1 Å². The van der Waals surface area contributed by atoms with Gasteiger partial charge in [0.15, 0.2) is 11.5 Å². The van der Waals surface area contributed by atoms with Gasteiger partial charge in [-0.1, -0.05) is 18.2 Å². The van der Waals surface area contributed by atoms with Gasteiger partial charge in [0.2, 0.25) is 16.8 Å². The van der Waals surface area contributed by atoms with E-state index in [9.17, 15) is 13.2 Å². The van der Waals surface area contributed by atoms with Crippen molar-refractivity contribution >= 4 is 22.1 Å². The molecule has 2 aromatic carbocycles. The van der Waals surface area contributed by atoms with Gasteiger partial charge in [-0.2, -0.15) is 0 Å².